The minimum Gasteiger partial charge on any atom is -0.497 e. The lowest BCUT2D eigenvalue weighted by atomic mass is 10.0. The number of nitrogens with zero attached hydrogens (tertiary/aromatic N) is 2. The quantitative estimate of drug-likeness (QED) is 0.830. The van der Waals surface area contributed by atoms with Gasteiger partial charge >= 0.3 is 0 Å². The average Bonchev–Trinajstić information content (AvgIpc) is 3.23. The Morgan fingerprint density at radius 3 is 2.54 bits per heavy atom. The molecule has 2 atom stereocenters. The molecule has 5 nitrogen and oxygen atoms in total. The van der Waals surface area contributed by atoms with Crippen molar-refractivity contribution in [3.05, 3.63) is 23.8 Å². The fraction of sp³-hybridized carbons (Fsp3) is 0.632. The van der Waals surface area contributed by atoms with E-state index >= 15 is 0 Å². The Hall–Kier alpha value is -1.75. The molecular formula is C19H28N2O3. The van der Waals surface area contributed by atoms with E-state index in [2.05, 4.69) is 16.8 Å². The summed E-state index contributed by atoms with van der Waals surface area (Å²) < 4.78 is 10.7. The third kappa shape index (κ3) is 3.36. The van der Waals surface area contributed by atoms with Gasteiger partial charge < -0.3 is 19.3 Å². The van der Waals surface area contributed by atoms with Crippen molar-refractivity contribution in [3.8, 4) is 11.5 Å². The minimum absolute atomic E-state index is 0.210. The van der Waals surface area contributed by atoms with Gasteiger partial charge in [-0.2, -0.15) is 0 Å². The van der Waals surface area contributed by atoms with Gasteiger partial charge in [0.15, 0.2) is 0 Å². The van der Waals surface area contributed by atoms with E-state index in [1.807, 2.05) is 18.2 Å². The lowest BCUT2D eigenvalue weighted by molar-refractivity contribution is -0.132. The van der Waals surface area contributed by atoms with Crippen LogP contribution in [0.25, 0.3) is 0 Å². The standard InChI is InChI=1S/C19H28N2O3/c1-20-10-4-6-16(20)17-7-5-11-21(17)19(22)12-14-8-9-15(23-2)13-18(14)24-3/h8-9,13,16-17H,4-7,10-12H2,1-3H3/t16-,17+/m0/s1. The molecule has 2 fully saturated rings. The van der Waals surface area contributed by atoms with Crippen molar-refractivity contribution in [1.82, 2.24) is 9.80 Å². The molecule has 0 N–H and O–H groups in total. The number of rotatable bonds is 5. The number of methoxy groups -OCH3 is 2. The van der Waals surface area contributed by atoms with Crippen molar-refractivity contribution in [2.75, 3.05) is 34.4 Å². The van der Waals surface area contributed by atoms with Crippen LogP contribution in [0.4, 0.5) is 0 Å². The molecule has 1 aromatic carbocycles. The van der Waals surface area contributed by atoms with E-state index in [0.717, 1.165) is 43.0 Å². The van der Waals surface area contributed by atoms with Gasteiger partial charge in [0.1, 0.15) is 11.5 Å². The molecule has 2 heterocycles. The number of carbonyl (C=O) groups is 1. The number of ether oxygens (including phenoxy) is 2. The van der Waals surface area contributed by atoms with E-state index in [9.17, 15) is 4.79 Å². The third-order valence-corrected chi connectivity index (χ3v) is 5.48. The van der Waals surface area contributed by atoms with E-state index in [4.69, 9.17) is 9.47 Å². The Bertz CT molecular complexity index is 590. The Labute approximate surface area is 144 Å². The molecule has 5 heteroatoms. The lowest BCUT2D eigenvalue weighted by Crippen LogP contribution is -2.47. The summed E-state index contributed by atoms with van der Waals surface area (Å²) in [4.78, 5) is 17.5. The van der Waals surface area contributed by atoms with Crippen molar-refractivity contribution in [1.29, 1.82) is 0 Å². The molecule has 0 radical (unpaired) electrons. The Balaban J connectivity index is 1.72. The third-order valence-electron chi connectivity index (χ3n) is 5.48. The van der Waals surface area contributed by atoms with Gasteiger partial charge in [-0.25, -0.2) is 0 Å². The first kappa shape index (κ1) is 17.1. The maximum absolute atomic E-state index is 12.9. The number of likely N-dealkylation sites (N-methyl/N-ethyl adjacent to an activating group) is 1. The van der Waals surface area contributed by atoms with Crippen molar-refractivity contribution < 1.29 is 14.3 Å². The fourth-order valence-corrected chi connectivity index (χ4v) is 4.19. The first-order valence-corrected chi connectivity index (χ1v) is 8.84. The Morgan fingerprint density at radius 1 is 1.12 bits per heavy atom. The number of amides is 1. The minimum atomic E-state index is 0.210. The molecule has 3 rings (SSSR count). The Morgan fingerprint density at radius 2 is 1.88 bits per heavy atom. The average molecular weight is 332 g/mol. The van der Waals surface area contributed by atoms with Crippen molar-refractivity contribution in [2.24, 2.45) is 0 Å². The second-order valence-corrected chi connectivity index (χ2v) is 6.84. The molecule has 0 aromatic heterocycles. The summed E-state index contributed by atoms with van der Waals surface area (Å²) in [6, 6.07) is 6.55. The smallest absolute Gasteiger partial charge is 0.227 e. The van der Waals surface area contributed by atoms with Crippen molar-refractivity contribution in [2.45, 2.75) is 44.2 Å². The number of hydrogen-bond donors (Lipinski definition) is 0. The second-order valence-electron chi connectivity index (χ2n) is 6.84. The SMILES string of the molecule is COc1ccc(CC(=O)N2CCC[C@@H]2[C@@H]2CCCN2C)c(OC)c1. The van der Waals surface area contributed by atoms with Crippen LogP contribution in [0.3, 0.4) is 0 Å². The van der Waals surface area contributed by atoms with Crippen molar-refractivity contribution in [3.63, 3.8) is 0 Å². The number of likely N-dealkylation sites (tertiary alicyclic amines) is 2. The molecule has 132 valence electrons. The molecule has 0 bridgehead atoms. The van der Waals surface area contributed by atoms with Gasteiger partial charge in [-0.1, -0.05) is 6.07 Å². The second kappa shape index (κ2) is 7.43. The van der Waals surface area contributed by atoms with Gasteiger partial charge in [0.2, 0.25) is 5.91 Å². The van der Waals surface area contributed by atoms with Crippen LogP contribution in [0.2, 0.25) is 0 Å². The zero-order chi connectivity index (χ0) is 17.1. The number of hydrogen-bond acceptors (Lipinski definition) is 4. The van der Waals surface area contributed by atoms with Crippen molar-refractivity contribution >= 4 is 5.91 Å². The summed E-state index contributed by atoms with van der Waals surface area (Å²) in [5.41, 5.74) is 0.925. The van der Waals surface area contributed by atoms with Crippen LogP contribution in [0.5, 0.6) is 11.5 Å². The van der Waals surface area contributed by atoms with Gasteiger partial charge in [0, 0.05) is 30.3 Å². The van der Waals surface area contributed by atoms with Crippen LogP contribution in [0.1, 0.15) is 31.2 Å². The predicted octanol–water partition coefficient (Wildman–Crippen LogP) is 2.33. The van der Waals surface area contributed by atoms with Crippen LogP contribution in [0, 0.1) is 0 Å². The van der Waals surface area contributed by atoms with Crippen LogP contribution < -0.4 is 9.47 Å². The monoisotopic (exact) mass is 332 g/mol. The molecule has 24 heavy (non-hydrogen) atoms. The summed E-state index contributed by atoms with van der Waals surface area (Å²) in [6.07, 6.45) is 5.07. The van der Waals surface area contributed by atoms with Crippen LogP contribution >= 0.6 is 0 Å². The highest BCUT2D eigenvalue weighted by Gasteiger charge is 2.38. The topological polar surface area (TPSA) is 42.0 Å². The molecular weight excluding hydrogens is 304 g/mol. The number of carbonyl (C=O) groups excluding carboxylic acids is 1. The maximum Gasteiger partial charge on any atom is 0.227 e. The molecule has 0 spiro atoms. The molecule has 0 aliphatic carbocycles. The molecule has 2 aliphatic heterocycles. The van der Waals surface area contributed by atoms with E-state index in [0.29, 0.717) is 18.5 Å². The summed E-state index contributed by atoms with van der Waals surface area (Å²) in [5, 5.41) is 0. The van der Waals surface area contributed by atoms with E-state index in [-0.39, 0.29) is 5.91 Å². The van der Waals surface area contributed by atoms with Gasteiger partial charge in [0.25, 0.3) is 0 Å². The molecule has 1 aromatic rings. The van der Waals surface area contributed by atoms with E-state index in [1.54, 1.807) is 14.2 Å². The lowest BCUT2D eigenvalue weighted by Gasteiger charge is -2.33. The molecule has 2 aliphatic rings. The maximum atomic E-state index is 12.9. The molecule has 0 saturated carbocycles. The summed E-state index contributed by atoms with van der Waals surface area (Å²) in [5.74, 6) is 1.67. The normalized spacial score (nSPS) is 24.4. The number of benzene rings is 1. The van der Waals surface area contributed by atoms with E-state index in [1.165, 1.54) is 12.8 Å². The van der Waals surface area contributed by atoms with Gasteiger partial charge in [-0.3, -0.25) is 4.79 Å². The zero-order valence-corrected chi connectivity index (χ0v) is 15.0. The first-order chi connectivity index (χ1) is 11.6. The first-order valence-electron chi connectivity index (χ1n) is 8.84. The van der Waals surface area contributed by atoms with Gasteiger partial charge in [-0.15, -0.1) is 0 Å². The fourth-order valence-electron chi connectivity index (χ4n) is 4.19. The van der Waals surface area contributed by atoms with Gasteiger partial charge in [-0.05, 0) is 45.3 Å². The molecule has 0 unspecified atom stereocenters. The molecule has 1 amide bonds. The van der Waals surface area contributed by atoms with Crippen LogP contribution in [0.15, 0.2) is 18.2 Å². The summed E-state index contributed by atoms with van der Waals surface area (Å²) in [7, 11) is 5.45. The highest BCUT2D eigenvalue weighted by molar-refractivity contribution is 5.80. The van der Waals surface area contributed by atoms with E-state index < -0.39 is 0 Å². The highest BCUT2D eigenvalue weighted by atomic mass is 16.5. The largest absolute Gasteiger partial charge is 0.497 e. The highest BCUT2D eigenvalue weighted by Crippen LogP contribution is 2.31. The van der Waals surface area contributed by atoms with Gasteiger partial charge in [0.05, 0.1) is 20.6 Å². The summed E-state index contributed by atoms with van der Waals surface area (Å²) in [6.45, 7) is 2.03. The Kier molecular flexibility index (Phi) is 5.29. The zero-order valence-electron chi connectivity index (χ0n) is 15.0. The van der Waals surface area contributed by atoms with Crippen LogP contribution in [-0.4, -0.2) is 62.1 Å². The molecule has 2 saturated heterocycles. The predicted molar refractivity (Wildman–Crippen MR) is 93.6 cm³/mol. The van der Waals surface area contributed by atoms with Crippen LogP contribution in [-0.2, 0) is 11.2 Å². The summed E-state index contributed by atoms with van der Waals surface area (Å²) >= 11 is 0.